The second-order valence-electron chi connectivity index (χ2n) is 6.52. The number of rotatable bonds is 3. The van der Waals surface area contributed by atoms with Crippen molar-refractivity contribution in [2.45, 2.75) is 51.0 Å². The summed E-state index contributed by atoms with van der Waals surface area (Å²) in [4.78, 5) is 12.5. The first kappa shape index (κ1) is 14.6. The number of amides is 1. The van der Waals surface area contributed by atoms with Crippen molar-refractivity contribution in [3.05, 3.63) is 35.4 Å². The zero-order valence-corrected chi connectivity index (χ0v) is 13.5. The van der Waals surface area contributed by atoms with Gasteiger partial charge in [-0.3, -0.25) is 4.79 Å². The van der Waals surface area contributed by atoms with E-state index in [9.17, 15) is 4.79 Å². The Morgan fingerprint density at radius 3 is 2.42 bits per heavy atom. The maximum Gasteiger partial charge on any atom is 0.252 e. The average Bonchev–Trinajstić information content (AvgIpc) is 2.32. The van der Waals surface area contributed by atoms with Gasteiger partial charge in [-0.15, -0.1) is 0 Å². The summed E-state index contributed by atoms with van der Waals surface area (Å²) < 4.78 is 0. The monoisotopic (exact) mass is 323 g/mol. The van der Waals surface area contributed by atoms with Crippen molar-refractivity contribution < 1.29 is 4.79 Å². The summed E-state index contributed by atoms with van der Waals surface area (Å²) in [6.45, 7) is 6.42. The van der Waals surface area contributed by atoms with Gasteiger partial charge in [0.2, 0.25) is 0 Å². The Morgan fingerprint density at radius 1 is 1.32 bits per heavy atom. The molecule has 1 aliphatic carbocycles. The number of nitrogens with one attached hydrogen (secondary N) is 1. The van der Waals surface area contributed by atoms with Crippen molar-refractivity contribution >= 4 is 21.8 Å². The lowest BCUT2D eigenvalue weighted by Crippen LogP contribution is -2.55. The summed E-state index contributed by atoms with van der Waals surface area (Å²) in [7, 11) is 0. The van der Waals surface area contributed by atoms with Gasteiger partial charge in [0.1, 0.15) is 0 Å². The van der Waals surface area contributed by atoms with Gasteiger partial charge >= 0.3 is 0 Å². The Balaban J connectivity index is 2.25. The van der Waals surface area contributed by atoms with Crippen molar-refractivity contribution in [3.63, 3.8) is 0 Å². The van der Waals surface area contributed by atoms with Gasteiger partial charge in [-0.05, 0) is 36.3 Å². The first-order valence-electron chi connectivity index (χ1n) is 6.86. The van der Waals surface area contributed by atoms with Crippen LogP contribution in [0.25, 0.3) is 0 Å². The molecule has 3 heteroatoms. The first-order valence-corrected chi connectivity index (χ1v) is 7.98. The lowest BCUT2D eigenvalue weighted by Gasteiger charge is -2.41. The quantitative estimate of drug-likeness (QED) is 0.836. The molecule has 1 aromatic carbocycles. The third kappa shape index (κ3) is 3.02. The van der Waals surface area contributed by atoms with E-state index >= 15 is 0 Å². The van der Waals surface area contributed by atoms with E-state index in [1.165, 1.54) is 6.42 Å². The van der Waals surface area contributed by atoms with Gasteiger partial charge in [0.25, 0.3) is 5.91 Å². The number of carbonyl (C=O) groups excluding carboxylic acids is 1. The topological polar surface area (TPSA) is 29.1 Å². The largest absolute Gasteiger partial charge is 0.346 e. The van der Waals surface area contributed by atoms with Crippen LogP contribution < -0.4 is 5.32 Å². The fraction of sp³-hybridized carbons (Fsp3) is 0.562. The van der Waals surface area contributed by atoms with Gasteiger partial charge in [-0.25, -0.2) is 0 Å². The molecule has 1 aliphatic rings. The predicted octanol–water partition coefficient (Wildman–Crippen LogP) is 4.03. The van der Waals surface area contributed by atoms with Gasteiger partial charge in [-0.1, -0.05) is 54.9 Å². The van der Waals surface area contributed by atoms with E-state index in [0.717, 1.165) is 29.3 Å². The Hall–Kier alpha value is -0.830. The van der Waals surface area contributed by atoms with Crippen LogP contribution in [0.3, 0.4) is 0 Å². The smallest absolute Gasteiger partial charge is 0.252 e. The number of hydrogen-bond acceptors (Lipinski definition) is 1. The number of halogens is 1. The normalized spacial score (nSPS) is 17.7. The molecule has 0 spiro atoms. The van der Waals surface area contributed by atoms with Crippen LogP contribution in [0, 0.1) is 0 Å². The van der Waals surface area contributed by atoms with Crippen LogP contribution in [0.1, 0.15) is 56.0 Å². The van der Waals surface area contributed by atoms with E-state index in [0.29, 0.717) is 0 Å². The number of alkyl halides is 1. The molecule has 0 heterocycles. The Labute approximate surface area is 124 Å². The molecule has 0 atom stereocenters. The molecule has 2 nitrogen and oxygen atoms in total. The third-order valence-electron chi connectivity index (χ3n) is 3.92. The van der Waals surface area contributed by atoms with E-state index in [4.69, 9.17) is 0 Å². The first-order chi connectivity index (χ1) is 8.88. The van der Waals surface area contributed by atoms with Crippen LogP contribution in [-0.4, -0.2) is 16.8 Å². The van der Waals surface area contributed by atoms with Crippen molar-refractivity contribution in [1.29, 1.82) is 0 Å². The van der Waals surface area contributed by atoms with Crippen LogP contribution in [-0.2, 0) is 5.41 Å². The van der Waals surface area contributed by atoms with Gasteiger partial charge < -0.3 is 5.32 Å². The van der Waals surface area contributed by atoms with E-state index < -0.39 is 0 Å². The molecule has 1 amide bonds. The molecule has 0 radical (unpaired) electrons. The molecule has 1 N–H and O–H groups in total. The van der Waals surface area contributed by atoms with E-state index in [1.807, 2.05) is 18.2 Å². The zero-order chi connectivity index (χ0) is 14.1. The van der Waals surface area contributed by atoms with Gasteiger partial charge in [0.15, 0.2) is 0 Å². The second kappa shape index (κ2) is 5.28. The molecule has 1 aromatic rings. The molecule has 1 saturated carbocycles. The van der Waals surface area contributed by atoms with Crippen LogP contribution in [0.4, 0.5) is 0 Å². The minimum atomic E-state index is -0.0257. The summed E-state index contributed by atoms with van der Waals surface area (Å²) in [6, 6.07) is 7.92. The molecule has 0 bridgehead atoms. The van der Waals surface area contributed by atoms with Gasteiger partial charge in [0.05, 0.1) is 5.54 Å². The average molecular weight is 324 g/mol. The predicted molar refractivity (Wildman–Crippen MR) is 83.0 cm³/mol. The van der Waals surface area contributed by atoms with E-state index in [-0.39, 0.29) is 16.9 Å². The summed E-state index contributed by atoms with van der Waals surface area (Å²) in [5, 5.41) is 4.06. The highest BCUT2D eigenvalue weighted by atomic mass is 79.9. The van der Waals surface area contributed by atoms with E-state index in [1.54, 1.807) is 0 Å². The molecule has 1 fully saturated rings. The zero-order valence-electron chi connectivity index (χ0n) is 11.9. The molecule has 19 heavy (non-hydrogen) atoms. The van der Waals surface area contributed by atoms with Gasteiger partial charge in [-0.2, -0.15) is 0 Å². The van der Waals surface area contributed by atoms with Crippen LogP contribution in [0.5, 0.6) is 0 Å². The minimum absolute atomic E-state index is 0.0187. The molecule has 0 aliphatic heterocycles. The number of hydrogen-bond donors (Lipinski definition) is 1. The highest BCUT2D eigenvalue weighted by molar-refractivity contribution is 9.09. The van der Waals surface area contributed by atoms with Crippen molar-refractivity contribution in [3.8, 4) is 0 Å². The van der Waals surface area contributed by atoms with Crippen molar-refractivity contribution in [2.75, 3.05) is 5.33 Å². The Bertz CT molecular complexity index is 466. The molecule has 0 unspecified atom stereocenters. The fourth-order valence-electron chi connectivity index (χ4n) is 2.54. The van der Waals surface area contributed by atoms with E-state index in [2.05, 4.69) is 48.1 Å². The van der Waals surface area contributed by atoms with Crippen LogP contribution >= 0.6 is 15.9 Å². The third-order valence-corrected chi connectivity index (χ3v) is 5.00. The molecule has 0 saturated heterocycles. The van der Waals surface area contributed by atoms with Gasteiger partial charge in [0, 0.05) is 10.9 Å². The maximum absolute atomic E-state index is 12.5. The summed E-state index contributed by atoms with van der Waals surface area (Å²) in [5.74, 6) is 0.0599. The Kier molecular flexibility index (Phi) is 4.05. The summed E-state index contributed by atoms with van der Waals surface area (Å²) in [5.41, 5.74) is 1.87. The highest BCUT2D eigenvalue weighted by Gasteiger charge is 2.38. The van der Waals surface area contributed by atoms with Crippen LogP contribution in [0.2, 0.25) is 0 Å². The van der Waals surface area contributed by atoms with Crippen LogP contribution in [0.15, 0.2) is 24.3 Å². The lowest BCUT2D eigenvalue weighted by molar-refractivity contribution is 0.0854. The molecule has 2 rings (SSSR count). The highest BCUT2D eigenvalue weighted by Crippen LogP contribution is 2.34. The van der Waals surface area contributed by atoms with Crippen molar-refractivity contribution in [2.24, 2.45) is 0 Å². The molecular weight excluding hydrogens is 302 g/mol. The molecule has 0 aromatic heterocycles. The standard InChI is InChI=1S/C16H22BrNO/c1-15(2,3)13-8-5-4-7-12(13)14(19)18-16(11-17)9-6-10-16/h4-5,7-8H,6,9-11H2,1-3H3,(H,18,19). The number of benzene rings is 1. The lowest BCUT2D eigenvalue weighted by atomic mass is 9.77. The fourth-order valence-corrected chi connectivity index (χ4v) is 3.24. The van der Waals surface area contributed by atoms with Crippen molar-refractivity contribution in [1.82, 2.24) is 5.32 Å². The summed E-state index contributed by atoms with van der Waals surface area (Å²) in [6.07, 6.45) is 3.34. The molecule has 104 valence electrons. The summed E-state index contributed by atoms with van der Waals surface area (Å²) >= 11 is 3.53. The SMILES string of the molecule is CC(C)(C)c1ccccc1C(=O)NC1(CBr)CCC1. The Morgan fingerprint density at radius 2 is 1.95 bits per heavy atom. The minimum Gasteiger partial charge on any atom is -0.346 e. The number of carbonyl (C=O) groups is 1. The second-order valence-corrected chi connectivity index (χ2v) is 7.08. The molecular formula is C16H22BrNO. The maximum atomic E-state index is 12.5.